The quantitative estimate of drug-likeness (QED) is 0.519. The molecule has 2 heterocycles. The van der Waals surface area contributed by atoms with Crippen LogP contribution in [0.5, 0.6) is 0 Å². The number of nitrogens with one attached hydrogen (secondary N) is 2. The van der Waals surface area contributed by atoms with Gasteiger partial charge in [0.2, 0.25) is 10.0 Å². The monoisotopic (exact) mass is 272 g/mol. The van der Waals surface area contributed by atoms with Crippen LogP contribution in [-0.4, -0.2) is 32.2 Å². The van der Waals surface area contributed by atoms with Gasteiger partial charge in [0.05, 0.1) is 17.8 Å². The average molecular weight is 272 g/mol. The van der Waals surface area contributed by atoms with Gasteiger partial charge >= 0.3 is 0 Å². The van der Waals surface area contributed by atoms with Crippen molar-refractivity contribution in [2.45, 2.75) is 23.8 Å². The van der Waals surface area contributed by atoms with Gasteiger partial charge in [0, 0.05) is 19.0 Å². The first-order valence-electron chi connectivity index (χ1n) is 5.49. The number of nitrogens with two attached hydrogens (primary N) is 1. The van der Waals surface area contributed by atoms with Gasteiger partial charge < -0.3 is 10.2 Å². The zero-order valence-corrected chi connectivity index (χ0v) is 10.8. The molecule has 1 aliphatic rings. The van der Waals surface area contributed by atoms with Gasteiger partial charge in [-0.3, -0.25) is 10.8 Å². The summed E-state index contributed by atoms with van der Waals surface area (Å²) in [7, 11) is -3.68. The summed E-state index contributed by atoms with van der Waals surface area (Å²) in [6.45, 7) is 2.72. The molecule has 0 amide bonds. The van der Waals surface area contributed by atoms with Gasteiger partial charge in [-0.1, -0.05) is 0 Å². The molecule has 1 atom stereocenters. The summed E-state index contributed by atoms with van der Waals surface area (Å²) in [5, 5.41) is 0. The standard InChI is InChI=1S/C10H16N4O3S/c1-10(3-5-17-7-10)14-18(15,16)9-6-12-4-2-8(9)13-11/h2,4,6,14H,3,5,7,11H2,1H3,(H,12,13). The number of hydrazine groups is 1. The van der Waals surface area contributed by atoms with Crippen LogP contribution in [0.4, 0.5) is 5.69 Å². The van der Waals surface area contributed by atoms with E-state index in [1.165, 1.54) is 18.5 Å². The highest BCUT2D eigenvalue weighted by Gasteiger charge is 2.35. The van der Waals surface area contributed by atoms with E-state index in [2.05, 4.69) is 15.1 Å². The molecule has 8 heteroatoms. The van der Waals surface area contributed by atoms with E-state index in [9.17, 15) is 8.42 Å². The third-order valence-electron chi connectivity index (χ3n) is 2.83. The number of pyridine rings is 1. The van der Waals surface area contributed by atoms with Crippen LogP contribution < -0.4 is 16.0 Å². The highest BCUT2D eigenvalue weighted by atomic mass is 32.2. The van der Waals surface area contributed by atoms with Gasteiger partial charge in [0.1, 0.15) is 4.90 Å². The van der Waals surface area contributed by atoms with E-state index >= 15 is 0 Å². The predicted octanol–water partition coefficient (Wildman–Crippen LogP) is -0.176. The van der Waals surface area contributed by atoms with Crippen molar-refractivity contribution in [3.63, 3.8) is 0 Å². The fraction of sp³-hybridized carbons (Fsp3) is 0.500. The molecule has 7 nitrogen and oxygen atoms in total. The fourth-order valence-corrected chi connectivity index (χ4v) is 3.38. The Labute approximate surface area is 106 Å². The molecular weight excluding hydrogens is 256 g/mol. The molecule has 1 saturated heterocycles. The molecule has 0 saturated carbocycles. The smallest absolute Gasteiger partial charge is 0.244 e. The molecule has 1 unspecified atom stereocenters. The van der Waals surface area contributed by atoms with Gasteiger partial charge in [-0.25, -0.2) is 13.1 Å². The minimum atomic E-state index is -3.68. The Balaban J connectivity index is 2.30. The lowest BCUT2D eigenvalue weighted by molar-refractivity contribution is 0.178. The topological polar surface area (TPSA) is 106 Å². The third-order valence-corrected chi connectivity index (χ3v) is 4.49. The summed E-state index contributed by atoms with van der Waals surface area (Å²) >= 11 is 0. The first-order chi connectivity index (χ1) is 8.47. The minimum absolute atomic E-state index is 0.0284. The van der Waals surface area contributed by atoms with Crippen LogP contribution in [0.1, 0.15) is 13.3 Å². The molecule has 1 aromatic heterocycles. The lowest BCUT2D eigenvalue weighted by atomic mass is 10.0. The lowest BCUT2D eigenvalue weighted by Crippen LogP contribution is -2.46. The number of nitrogens with zero attached hydrogens (tertiary/aromatic N) is 1. The summed E-state index contributed by atoms with van der Waals surface area (Å²) in [5.74, 6) is 5.29. The molecule has 1 aromatic rings. The Morgan fingerprint density at radius 3 is 2.94 bits per heavy atom. The molecule has 0 bridgehead atoms. The van der Waals surface area contributed by atoms with Crippen LogP contribution in [0.25, 0.3) is 0 Å². The van der Waals surface area contributed by atoms with E-state index in [0.29, 0.717) is 25.3 Å². The predicted molar refractivity (Wildman–Crippen MR) is 66.2 cm³/mol. The number of hydrogen-bond donors (Lipinski definition) is 3. The maximum Gasteiger partial charge on any atom is 0.244 e. The van der Waals surface area contributed by atoms with Crippen molar-refractivity contribution in [2.24, 2.45) is 5.84 Å². The summed E-state index contributed by atoms with van der Waals surface area (Å²) in [6.07, 6.45) is 3.36. The van der Waals surface area contributed by atoms with Crippen LogP contribution in [0.15, 0.2) is 23.4 Å². The SMILES string of the molecule is CC1(NS(=O)(=O)c2cnccc2NN)CCOC1. The molecule has 2 rings (SSSR count). The molecule has 0 aromatic carbocycles. The normalized spacial score (nSPS) is 24.1. The van der Waals surface area contributed by atoms with Crippen molar-refractivity contribution >= 4 is 15.7 Å². The molecule has 0 radical (unpaired) electrons. The van der Waals surface area contributed by atoms with Crippen LogP contribution in [0, 0.1) is 0 Å². The number of nitrogen functional groups attached to an aromatic ring is 1. The molecule has 0 spiro atoms. The van der Waals surface area contributed by atoms with Crippen molar-refractivity contribution in [2.75, 3.05) is 18.6 Å². The first kappa shape index (κ1) is 13.2. The second-order valence-electron chi connectivity index (χ2n) is 4.48. The van der Waals surface area contributed by atoms with E-state index < -0.39 is 15.6 Å². The zero-order valence-electron chi connectivity index (χ0n) is 10.0. The van der Waals surface area contributed by atoms with Gasteiger partial charge in [-0.15, -0.1) is 0 Å². The molecule has 4 N–H and O–H groups in total. The van der Waals surface area contributed by atoms with Crippen molar-refractivity contribution < 1.29 is 13.2 Å². The highest BCUT2D eigenvalue weighted by Crippen LogP contribution is 2.24. The van der Waals surface area contributed by atoms with Gasteiger partial charge in [0.15, 0.2) is 0 Å². The number of aromatic nitrogens is 1. The summed E-state index contributed by atoms with van der Waals surface area (Å²) in [4.78, 5) is 3.84. The van der Waals surface area contributed by atoms with Crippen LogP contribution in [0.2, 0.25) is 0 Å². The number of sulfonamides is 1. The van der Waals surface area contributed by atoms with E-state index in [1.54, 1.807) is 0 Å². The van der Waals surface area contributed by atoms with E-state index in [1.807, 2.05) is 6.92 Å². The number of anilines is 1. The molecule has 0 aliphatic carbocycles. The largest absolute Gasteiger partial charge is 0.379 e. The van der Waals surface area contributed by atoms with Crippen LogP contribution in [0.3, 0.4) is 0 Å². The lowest BCUT2D eigenvalue weighted by Gasteiger charge is -2.23. The number of hydrogen-bond acceptors (Lipinski definition) is 6. The van der Waals surface area contributed by atoms with Crippen LogP contribution >= 0.6 is 0 Å². The van der Waals surface area contributed by atoms with Crippen molar-refractivity contribution in [3.05, 3.63) is 18.5 Å². The van der Waals surface area contributed by atoms with E-state index in [-0.39, 0.29) is 4.90 Å². The maximum absolute atomic E-state index is 12.3. The fourth-order valence-electron chi connectivity index (χ4n) is 1.84. The van der Waals surface area contributed by atoms with Crippen molar-refractivity contribution in [1.82, 2.24) is 9.71 Å². The molecular formula is C10H16N4O3S. The molecule has 1 aliphatic heterocycles. The summed E-state index contributed by atoms with van der Waals surface area (Å²) in [6, 6.07) is 1.50. The minimum Gasteiger partial charge on any atom is -0.379 e. The zero-order chi connectivity index (χ0) is 13.2. The highest BCUT2D eigenvalue weighted by molar-refractivity contribution is 7.89. The molecule has 100 valence electrons. The second kappa shape index (κ2) is 4.81. The maximum atomic E-state index is 12.3. The van der Waals surface area contributed by atoms with Gasteiger partial charge in [-0.2, -0.15) is 0 Å². The number of rotatable bonds is 4. The van der Waals surface area contributed by atoms with Gasteiger partial charge in [0.25, 0.3) is 0 Å². The summed E-state index contributed by atoms with van der Waals surface area (Å²) in [5.41, 5.74) is 2.07. The Morgan fingerprint density at radius 1 is 1.56 bits per heavy atom. The average Bonchev–Trinajstić information content (AvgIpc) is 2.74. The van der Waals surface area contributed by atoms with Crippen LogP contribution in [-0.2, 0) is 14.8 Å². The van der Waals surface area contributed by atoms with E-state index in [0.717, 1.165) is 0 Å². The molecule has 1 fully saturated rings. The Bertz CT molecular complexity index is 526. The second-order valence-corrected chi connectivity index (χ2v) is 6.14. The van der Waals surface area contributed by atoms with E-state index in [4.69, 9.17) is 10.6 Å². The van der Waals surface area contributed by atoms with Crippen molar-refractivity contribution in [1.29, 1.82) is 0 Å². The van der Waals surface area contributed by atoms with Crippen molar-refractivity contribution in [3.8, 4) is 0 Å². The molecule has 18 heavy (non-hydrogen) atoms. The first-order valence-corrected chi connectivity index (χ1v) is 6.97. The Morgan fingerprint density at radius 2 is 2.33 bits per heavy atom. The Hall–Kier alpha value is -1.22. The number of ether oxygens (including phenoxy) is 1. The Kier molecular flexibility index (Phi) is 3.53. The summed E-state index contributed by atoms with van der Waals surface area (Å²) < 4.78 is 32.4. The van der Waals surface area contributed by atoms with Gasteiger partial charge in [-0.05, 0) is 19.4 Å². The third kappa shape index (κ3) is 2.61.